The van der Waals surface area contributed by atoms with Crippen molar-refractivity contribution in [2.75, 3.05) is 5.73 Å². The van der Waals surface area contributed by atoms with Gasteiger partial charge >= 0.3 is 0 Å². The SMILES string of the molecule is CC(C)Oc1ccc(N)c(Cc2nccc(-c3ccc(CNC=O)cc3)n2)c1. The van der Waals surface area contributed by atoms with Gasteiger partial charge in [-0.3, -0.25) is 4.79 Å². The molecule has 1 aromatic heterocycles. The van der Waals surface area contributed by atoms with Gasteiger partial charge in [0.15, 0.2) is 0 Å². The predicted octanol–water partition coefficient (Wildman–Crippen LogP) is 3.35. The van der Waals surface area contributed by atoms with Crippen LogP contribution in [-0.4, -0.2) is 22.5 Å². The number of hydrogen-bond acceptors (Lipinski definition) is 5. The number of nitrogens with zero attached hydrogens (tertiary/aromatic N) is 2. The third-order valence-corrected chi connectivity index (χ3v) is 4.18. The zero-order valence-electron chi connectivity index (χ0n) is 16.1. The van der Waals surface area contributed by atoms with Gasteiger partial charge in [0.05, 0.1) is 11.8 Å². The molecule has 3 rings (SSSR count). The van der Waals surface area contributed by atoms with Gasteiger partial charge in [-0.05, 0) is 49.2 Å². The number of hydrogen-bond donors (Lipinski definition) is 2. The molecule has 1 heterocycles. The Hall–Kier alpha value is -3.41. The number of ether oxygens (including phenoxy) is 1. The lowest BCUT2D eigenvalue weighted by Crippen LogP contribution is -2.09. The minimum atomic E-state index is 0.0979. The highest BCUT2D eigenvalue weighted by Gasteiger charge is 2.08. The number of nitrogen functional groups attached to an aromatic ring is 1. The number of nitrogens with one attached hydrogen (secondary N) is 1. The van der Waals surface area contributed by atoms with E-state index in [1.54, 1.807) is 6.20 Å². The molecule has 3 aromatic rings. The molecular weight excluding hydrogens is 352 g/mol. The lowest BCUT2D eigenvalue weighted by atomic mass is 10.1. The molecule has 0 aliphatic carbocycles. The van der Waals surface area contributed by atoms with Crippen molar-refractivity contribution < 1.29 is 9.53 Å². The van der Waals surface area contributed by atoms with Crippen molar-refractivity contribution >= 4 is 12.1 Å². The van der Waals surface area contributed by atoms with Crippen molar-refractivity contribution in [1.82, 2.24) is 15.3 Å². The van der Waals surface area contributed by atoms with Crippen LogP contribution in [0.5, 0.6) is 5.75 Å². The fourth-order valence-corrected chi connectivity index (χ4v) is 2.85. The van der Waals surface area contributed by atoms with Crippen molar-refractivity contribution in [3.05, 3.63) is 71.7 Å². The maximum absolute atomic E-state index is 10.4. The smallest absolute Gasteiger partial charge is 0.207 e. The van der Waals surface area contributed by atoms with Crippen molar-refractivity contribution in [2.24, 2.45) is 0 Å². The highest BCUT2D eigenvalue weighted by atomic mass is 16.5. The molecular formula is C22H24N4O2. The highest BCUT2D eigenvalue weighted by molar-refractivity contribution is 5.59. The topological polar surface area (TPSA) is 90.1 Å². The van der Waals surface area contributed by atoms with E-state index in [1.165, 1.54) is 0 Å². The van der Waals surface area contributed by atoms with Crippen molar-refractivity contribution in [2.45, 2.75) is 32.9 Å². The summed E-state index contributed by atoms with van der Waals surface area (Å²) in [7, 11) is 0. The van der Waals surface area contributed by atoms with Gasteiger partial charge in [-0.1, -0.05) is 24.3 Å². The van der Waals surface area contributed by atoms with Crippen LogP contribution in [0.3, 0.4) is 0 Å². The summed E-state index contributed by atoms with van der Waals surface area (Å²) in [5.74, 6) is 1.48. The largest absolute Gasteiger partial charge is 0.491 e. The van der Waals surface area contributed by atoms with E-state index in [0.29, 0.717) is 30.9 Å². The number of carbonyl (C=O) groups excluding carboxylic acids is 1. The second-order valence-corrected chi connectivity index (χ2v) is 6.76. The Morgan fingerprint density at radius 2 is 1.93 bits per heavy atom. The number of nitrogens with two attached hydrogens (primary N) is 1. The molecule has 2 aromatic carbocycles. The van der Waals surface area contributed by atoms with Crippen LogP contribution in [0.4, 0.5) is 5.69 Å². The lowest BCUT2D eigenvalue weighted by Gasteiger charge is -2.12. The number of amides is 1. The summed E-state index contributed by atoms with van der Waals surface area (Å²) < 4.78 is 5.76. The fourth-order valence-electron chi connectivity index (χ4n) is 2.85. The van der Waals surface area contributed by atoms with E-state index in [-0.39, 0.29) is 6.10 Å². The number of rotatable bonds is 8. The molecule has 1 amide bonds. The molecule has 6 nitrogen and oxygen atoms in total. The van der Waals surface area contributed by atoms with Crippen LogP contribution in [0.15, 0.2) is 54.7 Å². The van der Waals surface area contributed by atoms with Crippen molar-refractivity contribution in [3.63, 3.8) is 0 Å². The molecule has 0 bridgehead atoms. The van der Waals surface area contributed by atoms with Crippen LogP contribution in [0.2, 0.25) is 0 Å². The van der Waals surface area contributed by atoms with Gasteiger partial charge in [0, 0.05) is 30.4 Å². The first-order chi connectivity index (χ1) is 13.5. The van der Waals surface area contributed by atoms with E-state index in [9.17, 15) is 4.79 Å². The summed E-state index contributed by atoms with van der Waals surface area (Å²) in [4.78, 5) is 19.5. The van der Waals surface area contributed by atoms with E-state index >= 15 is 0 Å². The van der Waals surface area contributed by atoms with Gasteiger partial charge in [-0.15, -0.1) is 0 Å². The van der Waals surface area contributed by atoms with Crippen LogP contribution in [0.1, 0.15) is 30.8 Å². The number of benzene rings is 2. The Kier molecular flexibility index (Phi) is 6.22. The van der Waals surface area contributed by atoms with Gasteiger partial charge in [-0.2, -0.15) is 0 Å². The number of aromatic nitrogens is 2. The summed E-state index contributed by atoms with van der Waals surface area (Å²) in [5, 5.41) is 2.65. The Bertz CT molecular complexity index is 940. The molecule has 0 radical (unpaired) electrons. The van der Waals surface area contributed by atoms with Gasteiger partial charge < -0.3 is 15.8 Å². The van der Waals surface area contributed by atoms with Crippen LogP contribution in [0.25, 0.3) is 11.3 Å². The third kappa shape index (κ3) is 5.07. The minimum Gasteiger partial charge on any atom is -0.491 e. The first kappa shape index (κ1) is 19.4. The summed E-state index contributed by atoms with van der Waals surface area (Å²) in [6.45, 7) is 4.48. The average Bonchev–Trinajstić information content (AvgIpc) is 2.69. The molecule has 0 unspecified atom stereocenters. The molecule has 0 atom stereocenters. The van der Waals surface area contributed by atoms with Crippen molar-refractivity contribution in [3.8, 4) is 17.0 Å². The molecule has 3 N–H and O–H groups in total. The summed E-state index contributed by atoms with van der Waals surface area (Å²) in [6, 6.07) is 15.5. The molecule has 0 saturated carbocycles. The number of carbonyl (C=O) groups is 1. The summed E-state index contributed by atoms with van der Waals surface area (Å²) >= 11 is 0. The lowest BCUT2D eigenvalue weighted by molar-refractivity contribution is -0.109. The van der Waals surface area contributed by atoms with Crippen LogP contribution < -0.4 is 15.8 Å². The quantitative estimate of drug-likeness (QED) is 0.465. The van der Waals surface area contributed by atoms with Gasteiger partial charge in [0.2, 0.25) is 6.41 Å². The second kappa shape index (κ2) is 8.99. The van der Waals surface area contributed by atoms with E-state index in [4.69, 9.17) is 10.5 Å². The Morgan fingerprint density at radius 3 is 2.64 bits per heavy atom. The van der Waals surface area contributed by atoms with Gasteiger partial charge in [0.25, 0.3) is 0 Å². The second-order valence-electron chi connectivity index (χ2n) is 6.76. The Labute approximate surface area is 164 Å². The Balaban J connectivity index is 1.79. The van der Waals surface area contributed by atoms with Crippen LogP contribution >= 0.6 is 0 Å². The molecule has 0 fully saturated rings. The standard InChI is InChI=1S/C22H24N4O2/c1-15(2)28-19-7-8-20(23)18(11-19)12-22-25-10-9-21(26-22)17-5-3-16(4-6-17)13-24-14-27/h3-11,14-15H,12-13,23H2,1-2H3,(H,24,27). The maximum Gasteiger partial charge on any atom is 0.207 e. The van der Waals surface area contributed by atoms with E-state index < -0.39 is 0 Å². The molecule has 0 saturated heterocycles. The average molecular weight is 376 g/mol. The van der Waals surface area contributed by atoms with Crippen LogP contribution in [0, 0.1) is 0 Å². The number of anilines is 1. The molecule has 28 heavy (non-hydrogen) atoms. The molecule has 144 valence electrons. The first-order valence-electron chi connectivity index (χ1n) is 9.18. The third-order valence-electron chi connectivity index (χ3n) is 4.18. The van der Waals surface area contributed by atoms with E-state index in [2.05, 4.69) is 15.3 Å². The molecule has 0 aliphatic heterocycles. The maximum atomic E-state index is 10.4. The summed E-state index contributed by atoms with van der Waals surface area (Å²) in [5.41, 5.74) is 10.6. The molecule has 0 spiro atoms. The van der Waals surface area contributed by atoms with Gasteiger partial charge in [-0.25, -0.2) is 9.97 Å². The van der Waals surface area contributed by atoms with Crippen LogP contribution in [-0.2, 0) is 17.8 Å². The molecule has 0 aliphatic rings. The fraction of sp³-hybridized carbons (Fsp3) is 0.227. The normalized spacial score (nSPS) is 10.7. The van der Waals surface area contributed by atoms with E-state index in [0.717, 1.165) is 28.1 Å². The zero-order valence-corrected chi connectivity index (χ0v) is 16.1. The summed E-state index contributed by atoms with van der Waals surface area (Å²) in [6.07, 6.45) is 3.07. The predicted molar refractivity (Wildman–Crippen MR) is 110 cm³/mol. The Morgan fingerprint density at radius 1 is 1.14 bits per heavy atom. The van der Waals surface area contributed by atoms with E-state index in [1.807, 2.05) is 62.4 Å². The monoisotopic (exact) mass is 376 g/mol. The first-order valence-corrected chi connectivity index (χ1v) is 9.18. The molecule has 6 heteroatoms. The minimum absolute atomic E-state index is 0.0979. The zero-order chi connectivity index (χ0) is 19.9. The van der Waals surface area contributed by atoms with Gasteiger partial charge in [0.1, 0.15) is 11.6 Å². The van der Waals surface area contributed by atoms with Crippen molar-refractivity contribution in [1.29, 1.82) is 0 Å². The highest BCUT2D eigenvalue weighted by Crippen LogP contribution is 2.23.